The summed E-state index contributed by atoms with van der Waals surface area (Å²) in [4.78, 5) is 25.0. The normalized spacial score (nSPS) is 13.2. The molecule has 0 unspecified atom stereocenters. The standard InChI is InChI=1S/C39H44N2O4Si2/c1-46(23-11-21-40-38(42)44-25-36-32-17-7-3-13-28(32)29-14-4-8-18-33(29)36)27-47(2)24-12-22-41-39(43)45-26-37-34-19-9-5-15-30(34)31-16-6-10-20-35(31)37/h3-10,13-20,36-37H,11-12,21-27H2,1-2H3,(H,40,42)(H,41,43). The Hall–Kier alpha value is -4.15. The maximum absolute atomic E-state index is 12.5. The van der Waals surface area contributed by atoms with Crippen molar-refractivity contribution in [2.75, 3.05) is 26.3 Å². The van der Waals surface area contributed by atoms with E-state index < -0.39 is 17.6 Å². The van der Waals surface area contributed by atoms with Gasteiger partial charge in [0.15, 0.2) is 0 Å². The summed E-state index contributed by atoms with van der Waals surface area (Å²) < 4.78 is 11.4. The van der Waals surface area contributed by atoms with Gasteiger partial charge < -0.3 is 20.1 Å². The van der Waals surface area contributed by atoms with Gasteiger partial charge in [-0.05, 0) is 57.3 Å². The largest absolute Gasteiger partial charge is 0.449 e. The summed E-state index contributed by atoms with van der Waals surface area (Å²) >= 11 is 0. The van der Waals surface area contributed by atoms with Crippen molar-refractivity contribution in [1.29, 1.82) is 0 Å². The number of amides is 2. The zero-order valence-electron chi connectivity index (χ0n) is 27.4. The Morgan fingerprint density at radius 1 is 0.553 bits per heavy atom. The second kappa shape index (κ2) is 15.6. The molecule has 2 N–H and O–H groups in total. The lowest BCUT2D eigenvalue weighted by molar-refractivity contribution is 0.142. The minimum atomic E-state index is -0.455. The Bertz CT molecular complexity index is 1480. The molecule has 2 aliphatic carbocycles. The molecular formula is C39H44N2O4Si2. The number of fused-ring (bicyclic) bond motifs is 6. The number of carbonyl (C=O) groups is 2. The molecule has 4 aromatic carbocycles. The highest BCUT2D eigenvalue weighted by Gasteiger charge is 2.30. The second-order valence-electron chi connectivity index (χ2n) is 12.8. The molecule has 8 heteroatoms. The number of hydrogen-bond donors (Lipinski definition) is 2. The molecule has 4 aromatic rings. The second-order valence-corrected chi connectivity index (χ2v) is 19.0. The van der Waals surface area contributed by atoms with Crippen LogP contribution in [0.15, 0.2) is 97.1 Å². The Kier molecular flexibility index (Phi) is 10.9. The number of rotatable bonds is 14. The van der Waals surface area contributed by atoms with Crippen molar-refractivity contribution < 1.29 is 19.1 Å². The fourth-order valence-corrected chi connectivity index (χ4v) is 14.2. The Morgan fingerprint density at radius 2 is 0.872 bits per heavy atom. The third kappa shape index (κ3) is 7.88. The topological polar surface area (TPSA) is 76.7 Å². The SMILES string of the molecule is C[Si](CCCNC(=O)OCC1c2ccccc2-c2ccccc21)C[Si](C)CCCNC(=O)OCC1c2ccccc2-c2ccccc21. The summed E-state index contributed by atoms with van der Waals surface area (Å²) in [7, 11) is -0.911. The fourth-order valence-electron chi connectivity index (χ4n) is 7.15. The van der Waals surface area contributed by atoms with Crippen LogP contribution in [0.2, 0.25) is 30.8 Å². The maximum Gasteiger partial charge on any atom is 0.407 e. The predicted molar refractivity (Wildman–Crippen MR) is 193 cm³/mol. The minimum absolute atomic E-state index is 0.0813. The van der Waals surface area contributed by atoms with Crippen LogP contribution < -0.4 is 10.6 Å². The van der Waals surface area contributed by atoms with Crippen LogP contribution in [-0.2, 0) is 9.47 Å². The van der Waals surface area contributed by atoms with Crippen LogP contribution >= 0.6 is 0 Å². The first kappa shape index (κ1) is 32.8. The van der Waals surface area contributed by atoms with Crippen molar-refractivity contribution in [3.8, 4) is 22.3 Å². The number of nitrogens with one attached hydrogen (secondary N) is 2. The summed E-state index contributed by atoms with van der Waals surface area (Å²) in [6, 6.07) is 35.9. The quantitative estimate of drug-likeness (QED) is 0.105. The van der Waals surface area contributed by atoms with Gasteiger partial charge in [-0.2, -0.15) is 0 Å². The Labute approximate surface area is 282 Å². The van der Waals surface area contributed by atoms with Crippen molar-refractivity contribution in [3.05, 3.63) is 119 Å². The lowest BCUT2D eigenvalue weighted by Crippen LogP contribution is -2.28. The molecule has 0 aromatic heterocycles. The van der Waals surface area contributed by atoms with Gasteiger partial charge >= 0.3 is 12.2 Å². The zero-order valence-corrected chi connectivity index (χ0v) is 29.4. The van der Waals surface area contributed by atoms with Gasteiger partial charge in [-0.15, -0.1) is 0 Å². The van der Waals surface area contributed by atoms with E-state index in [0.717, 1.165) is 12.8 Å². The van der Waals surface area contributed by atoms with Gasteiger partial charge in [0, 0.05) is 42.5 Å². The first-order valence-electron chi connectivity index (χ1n) is 16.8. The first-order chi connectivity index (χ1) is 23.0. The summed E-state index contributed by atoms with van der Waals surface area (Å²) in [5, 5.41) is 5.93. The van der Waals surface area contributed by atoms with E-state index in [2.05, 4.69) is 121 Å². The third-order valence-electron chi connectivity index (χ3n) is 9.39. The van der Waals surface area contributed by atoms with Crippen molar-refractivity contribution >= 4 is 29.8 Å². The summed E-state index contributed by atoms with van der Waals surface area (Å²) in [6.45, 7) is 6.80. The molecule has 6 rings (SSSR count). The lowest BCUT2D eigenvalue weighted by atomic mass is 9.98. The van der Waals surface area contributed by atoms with Crippen molar-refractivity contribution in [2.24, 2.45) is 0 Å². The lowest BCUT2D eigenvalue weighted by Gasteiger charge is -2.16. The van der Waals surface area contributed by atoms with E-state index >= 15 is 0 Å². The monoisotopic (exact) mass is 660 g/mol. The molecule has 2 radical (unpaired) electrons. The molecule has 0 aliphatic heterocycles. The van der Waals surface area contributed by atoms with E-state index in [1.807, 2.05) is 0 Å². The summed E-state index contributed by atoms with van der Waals surface area (Å²) in [5.41, 5.74) is 11.2. The van der Waals surface area contributed by atoms with E-state index in [9.17, 15) is 9.59 Å². The van der Waals surface area contributed by atoms with E-state index in [0.29, 0.717) is 26.3 Å². The van der Waals surface area contributed by atoms with Gasteiger partial charge in [-0.25, -0.2) is 9.59 Å². The van der Waals surface area contributed by atoms with Gasteiger partial charge in [0.05, 0.1) is 0 Å². The number of benzene rings is 4. The molecule has 47 heavy (non-hydrogen) atoms. The van der Waals surface area contributed by atoms with Gasteiger partial charge in [0.2, 0.25) is 0 Å². The Balaban J connectivity index is 0.821. The van der Waals surface area contributed by atoms with Crippen LogP contribution in [0.5, 0.6) is 0 Å². The molecule has 0 saturated carbocycles. The van der Waals surface area contributed by atoms with E-state index in [1.165, 1.54) is 62.3 Å². The van der Waals surface area contributed by atoms with E-state index in [4.69, 9.17) is 9.47 Å². The molecule has 0 heterocycles. The molecule has 0 bridgehead atoms. The highest BCUT2D eigenvalue weighted by Crippen LogP contribution is 2.45. The van der Waals surface area contributed by atoms with Gasteiger partial charge in [0.1, 0.15) is 13.2 Å². The average Bonchev–Trinajstić information content (AvgIpc) is 3.59. The highest BCUT2D eigenvalue weighted by atomic mass is 28.3. The zero-order chi connectivity index (χ0) is 32.6. The number of carbonyl (C=O) groups excluding carboxylic acids is 2. The van der Waals surface area contributed by atoms with Crippen molar-refractivity contribution in [2.45, 2.75) is 55.5 Å². The summed E-state index contributed by atoms with van der Waals surface area (Å²) in [6.07, 6.45) is 1.29. The molecule has 0 atom stereocenters. The number of hydrogen-bond acceptors (Lipinski definition) is 4. The van der Waals surface area contributed by atoms with Crippen LogP contribution in [0.25, 0.3) is 22.3 Å². The molecular weight excluding hydrogens is 617 g/mol. The van der Waals surface area contributed by atoms with Gasteiger partial charge in [-0.1, -0.05) is 128 Å². The van der Waals surface area contributed by atoms with Crippen LogP contribution in [0.4, 0.5) is 9.59 Å². The van der Waals surface area contributed by atoms with E-state index in [-0.39, 0.29) is 24.0 Å². The Morgan fingerprint density at radius 3 is 1.21 bits per heavy atom. The molecule has 0 saturated heterocycles. The van der Waals surface area contributed by atoms with Gasteiger partial charge in [0.25, 0.3) is 0 Å². The molecule has 0 fully saturated rings. The average molecular weight is 661 g/mol. The molecule has 2 aliphatic rings. The molecule has 2 amide bonds. The predicted octanol–water partition coefficient (Wildman–Crippen LogP) is 8.63. The van der Waals surface area contributed by atoms with Crippen LogP contribution in [-0.4, -0.2) is 56.1 Å². The van der Waals surface area contributed by atoms with E-state index in [1.54, 1.807) is 0 Å². The molecule has 0 spiro atoms. The van der Waals surface area contributed by atoms with Crippen LogP contribution in [0, 0.1) is 0 Å². The minimum Gasteiger partial charge on any atom is -0.449 e. The van der Waals surface area contributed by atoms with Gasteiger partial charge in [-0.3, -0.25) is 0 Å². The van der Waals surface area contributed by atoms with Crippen molar-refractivity contribution in [3.63, 3.8) is 0 Å². The van der Waals surface area contributed by atoms with Crippen LogP contribution in [0.1, 0.15) is 46.9 Å². The summed E-state index contributed by atoms with van der Waals surface area (Å²) in [5.74, 6) is 0.163. The van der Waals surface area contributed by atoms with Crippen molar-refractivity contribution in [1.82, 2.24) is 10.6 Å². The first-order valence-corrected chi connectivity index (χ1v) is 21.6. The number of alkyl carbamates (subject to hydrolysis) is 2. The smallest absolute Gasteiger partial charge is 0.407 e. The molecule has 242 valence electrons. The number of ether oxygens (including phenoxy) is 2. The maximum atomic E-state index is 12.5. The molecule has 6 nitrogen and oxygen atoms in total. The highest BCUT2D eigenvalue weighted by molar-refractivity contribution is 6.76. The fraction of sp³-hybridized carbons (Fsp3) is 0.333. The van der Waals surface area contributed by atoms with Crippen LogP contribution in [0.3, 0.4) is 0 Å². The third-order valence-corrected chi connectivity index (χ3v) is 16.6.